The van der Waals surface area contributed by atoms with E-state index >= 15 is 0 Å². The largest absolute Gasteiger partial charge is 0.383 e. The zero-order valence-corrected chi connectivity index (χ0v) is 16.9. The van der Waals surface area contributed by atoms with Gasteiger partial charge in [-0.15, -0.1) is 5.11 Å². The van der Waals surface area contributed by atoms with Crippen LogP contribution in [0.2, 0.25) is 0 Å². The van der Waals surface area contributed by atoms with E-state index in [0.29, 0.717) is 0 Å². The van der Waals surface area contributed by atoms with Crippen molar-refractivity contribution >= 4 is 39.2 Å². The van der Waals surface area contributed by atoms with E-state index in [4.69, 9.17) is 0 Å². The first-order valence-electron chi connectivity index (χ1n) is 10.1. The molecule has 0 spiro atoms. The van der Waals surface area contributed by atoms with Gasteiger partial charge in [-0.3, -0.25) is 0 Å². The van der Waals surface area contributed by atoms with Gasteiger partial charge in [0.2, 0.25) is 0 Å². The van der Waals surface area contributed by atoms with Crippen molar-refractivity contribution in [3.63, 3.8) is 0 Å². The van der Waals surface area contributed by atoms with Gasteiger partial charge in [0.05, 0.1) is 22.7 Å². The lowest BCUT2D eigenvalue weighted by atomic mass is 10.1. The Kier molecular flexibility index (Phi) is 6.20. The standard InChI is InChI=1S/C25H23N5/c1-2-18-26-24-17-12-19-8-6-7-11-23(19)25(24)30-29-22-15-13-21(14-16-22)28-27-20-9-4-3-5-10-20/h3-17,26H,2,18H2,1H3. The molecule has 148 valence electrons. The minimum Gasteiger partial charge on any atom is -0.383 e. The highest BCUT2D eigenvalue weighted by Crippen LogP contribution is 2.35. The maximum Gasteiger partial charge on any atom is 0.117 e. The van der Waals surface area contributed by atoms with Crippen molar-refractivity contribution in [1.29, 1.82) is 0 Å². The minimum absolute atomic E-state index is 0.767. The number of fused-ring (bicyclic) bond motifs is 1. The number of rotatable bonds is 7. The zero-order chi connectivity index (χ0) is 20.6. The summed E-state index contributed by atoms with van der Waals surface area (Å²) in [6.07, 6.45) is 1.04. The number of hydrogen-bond donors (Lipinski definition) is 1. The molecule has 30 heavy (non-hydrogen) atoms. The van der Waals surface area contributed by atoms with Crippen LogP contribution < -0.4 is 5.32 Å². The van der Waals surface area contributed by atoms with Gasteiger partial charge >= 0.3 is 0 Å². The van der Waals surface area contributed by atoms with Crippen LogP contribution in [0.4, 0.5) is 28.4 Å². The molecular formula is C25H23N5. The molecule has 1 N–H and O–H groups in total. The Labute approximate surface area is 176 Å². The van der Waals surface area contributed by atoms with Crippen molar-refractivity contribution < 1.29 is 0 Å². The number of nitrogens with one attached hydrogen (secondary N) is 1. The SMILES string of the molecule is CCCNc1ccc2ccccc2c1N=Nc1ccc(N=Nc2ccccc2)cc1. The fourth-order valence-corrected chi connectivity index (χ4v) is 3.07. The van der Waals surface area contributed by atoms with E-state index in [9.17, 15) is 0 Å². The Morgan fingerprint density at radius 2 is 1.20 bits per heavy atom. The number of benzene rings is 4. The third-order valence-corrected chi connectivity index (χ3v) is 4.62. The molecule has 5 nitrogen and oxygen atoms in total. The van der Waals surface area contributed by atoms with Crippen molar-refractivity contribution in [3.8, 4) is 0 Å². The lowest BCUT2D eigenvalue weighted by molar-refractivity contribution is 0.979. The van der Waals surface area contributed by atoms with Gasteiger partial charge in [0.25, 0.3) is 0 Å². The van der Waals surface area contributed by atoms with Crippen LogP contribution in [0, 0.1) is 0 Å². The Morgan fingerprint density at radius 1 is 0.600 bits per heavy atom. The molecule has 0 atom stereocenters. The number of hydrogen-bond acceptors (Lipinski definition) is 5. The first kappa shape index (κ1) is 19.5. The summed E-state index contributed by atoms with van der Waals surface area (Å²) in [6.45, 7) is 3.04. The van der Waals surface area contributed by atoms with E-state index < -0.39 is 0 Å². The van der Waals surface area contributed by atoms with Crippen LogP contribution in [0.25, 0.3) is 10.8 Å². The second-order valence-corrected chi connectivity index (χ2v) is 6.86. The molecule has 0 amide bonds. The second-order valence-electron chi connectivity index (χ2n) is 6.86. The highest BCUT2D eigenvalue weighted by atomic mass is 15.1. The van der Waals surface area contributed by atoms with Crippen molar-refractivity contribution in [2.45, 2.75) is 13.3 Å². The topological polar surface area (TPSA) is 61.5 Å². The van der Waals surface area contributed by atoms with Crippen molar-refractivity contribution in [2.75, 3.05) is 11.9 Å². The van der Waals surface area contributed by atoms with Crippen molar-refractivity contribution in [1.82, 2.24) is 0 Å². The van der Waals surface area contributed by atoms with Crippen LogP contribution in [0.3, 0.4) is 0 Å². The normalized spacial score (nSPS) is 11.5. The lowest BCUT2D eigenvalue weighted by Gasteiger charge is -2.10. The van der Waals surface area contributed by atoms with E-state index in [1.165, 1.54) is 0 Å². The van der Waals surface area contributed by atoms with E-state index in [0.717, 1.165) is 52.2 Å². The molecule has 4 aromatic rings. The lowest BCUT2D eigenvalue weighted by Crippen LogP contribution is -1.99. The summed E-state index contributed by atoms with van der Waals surface area (Å²) in [5.74, 6) is 0. The highest BCUT2D eigenvalue weighted by Gasteiger charge is 2.07. The highest BCUT2D eigenvalue weighted by molar-refractivity contribution is 5.98. The van der Waals surface area contributed by atoms with Crippen molar-refractivity contribution in [2.24, 2.45) is 20.5 Å². The average Bonchev–Trinajstić information content (AvgIpc) is 2.81. The third kappa shape index (κ3) is 4.75. The molecule has 4 rings (SSSR count). The Morgan fingerprint density at radius 3 is 1.90 bits per heavy atom. The summed E-state index contributed by atoms with van der Waals surface area (Å²) in [5.41, 5.74) is 4.21. The van der Waals surface area contributed by atoms with Crippen LogP contribution >= 0.6 is 0 Å². The summed E-state index contributed by atoms with van der Waals surface area (Å²) >= 11 is 0. The van der Waals surface area contributed by atoms with Crippen LogP contribution in [0.15, 0.2) is 111 Å². The predicted octanol–water partition coefficient (Wildman–Crippen LogP) is 8.49. The van der Waals surface area contributed by atoms with Crippen LogP contribution in [-0.2, 0) is 0 Å². The van der Waals surface area contributed by atoms with Gasteiger partial charge in [-0.05, 0) is 54.3 Å². The third-order valence-electron chi connectivity index (χ3n) is 4.62. The molecule has 0 saturated carbocycles. The Hall–Kier alpha value is -3.86. The van der Waals surface area contributed by atoms with E-state index in [1.807, 2.05) is 66.7 Å². The van der Waals surface area contributed by atoms with Gasteiger partial charge in [0.15, 0.2) is 0 Å². The van der Waals surface area contributed by atoms with Crippen molar-refractivity contribution in [3.05, 3.63) is 91.0 Å². The van der Waals surface area contributed by atoms with E-state index in [-0.39, 0.29) is 0 Å². The summed E-state index contributed by atoms with van der Waals surface area (Å²) in [5, 5.41) is 23.2. The van der Waals surface area contributed by atoms with Crippen LogP contribution in [0.1, 0.15) is 13.3 Å². The minimum atomic E-state index is 0.767. The first-order chi connectivity index (χ1) is 14.8. The van der Waals surface area contributed by atoms with Gasteiger partial charge < -0.3 is 5.32 Å². The summed E-state index contributed by atoms with van der Waals surface area (Å²) < 4.78 is 0. The first-order valence-corrected chi connectivity index (χ1v) is 10.1. The Bertz CT molecular complexity index is 1170. The molecular weight excluding hydrogens is 370 g/mol. The fraction of sp³-hybridized carbons (Fsp3) is 0.120. The van der Waals surface area contributed by atoms with E-state index in [2.05, 4.69) is 57.0 Å². The molecule has 0 saturated heterocycles. The quantitative estimate of drug-likeness (QED) is 0.314. The number of azo groups is 2. The Balaban J connectivity index is 1.57. The molecule has 0 aromatic heterocycles. The molecule has 0 aliphatic heterocycles. The predicted molar refractivity (Wildman–Crippen MR) is 124 cm³/mol. The van der Waals surface area contributed by atoms with Gasteiger partial charge in [-0.1, -0.05) is 55.5 Å². The summed E-state index contributed by atoms with van der Waals surface area (Å²) in [7, 11) is 0. The average molecular weight is 393 g/mol. The number of nitrogens with zero attached hydrogens (tertiary/aromatic N) is 4. The van der Waals surface area contributed by atoms with E-state index in [1.54, 1.807) is 0 Å². The molecule has 0 radical (unpaired) electrons. The van der Waals surface area contributed by atoms with Gasteiger partial charge in [-0.25, -0.2) is 0 Å². The number of anilines is 1. The zero-order valence-electron chi connectivity index (χ0n) is 16.9. The molecule has 0 bridgehead atoms. The summed E-state index contributed by atoms with van der Waals surface area (Å²) in [6, 6.07) is 29.6. The van der Waals surface area contributed by atoms with Crippen LogP contribution in [-0.4, -0.2) is 6.54 Å². The summed E-state index contributed by atoms with van der Waals surface area (Å²) in [4.78, 5) is 0. The second kappa shape index (κ2) is 9.56. The van der Waals surface area contributed by atoms with Gasteiger partial charge in [0.1, 0.15) is 5.69 Å². The molecule has 0 aliphatic rings. The molecule has 4 aromatic carbocycles. The van der Waals surface area contributed by atoms with Gasteiger partial charge in [0, 0.05) is 11.9 Å². The molecule has 0 fully saturated rings. The van der Waals surface area contributed by atoms with Gasteiger partial charge in [-0.2, -0.15) is 15.3 Å². The monoisotopic (exact) mass is 393 g/mol. The smallest absolute Gasteiger partial charge is 0.117 e. The maximum atomic E-state index is 4.59. The van der Waals surface area contributed by atoms with Crippen LogP contribution in [0.5, 0.6) is 0 Å². The molecule has 0 unspecified atom stereocenters. The molecule has 5 heteroatoms. The fourth-order valence-electron chi connectivity index (χ4n) is 3.07. The maximum absolute atomic E-state index is 4.59. The molecule has 0 aliphatic carbocycles. The molecule has 0 heterocycles.